The number of nitrogens with zero attached hydrogens (tertiary/aromatic N) is 2. The highest BCUT2D eigenvalue weighted by atomic mass is 79.9. The molecule has 3 rings (SSSR count). The van der Waals surface area contributed by atoms with Gasteiger partial charge in [-0.2, -0.15) is 10.4 Å². The maximum atomic E-state index is 12.5. The van der Waals surface area contributed by atoms with Crippen LogP contribution in [-0.2, 0) is 4.79 Å². The largest absolute Gasteiger partial charge is 0.321 e. The maximum absolute atomic E-state index is 12.5. The predicted molar refractivity (Wildman–Crippen MR) is 110 cm³/mol. The Labute approximate surface area is 170 Å². The predicted octanol–water partition coefficient (Wildman–Crippen LogP) is 4.59. The van der Waals surface area contributed by atoms with Crippen LogP contribution in [0.15, 0.2) is 64.8 Å². The monoisotopic (exact) mass is 434 g/mol. The number of carbonyl (C=O) groups excluding carboxylic acids is 2. The van der Waals surface area contributed by atoms with E-state index < -0.39 is 5.91 Å². The number of nitrogens with one attached hydrogen (secondary N) is 2. The van der Waals surface area contributed by atoms with Gasteiger partial charge in [-0.1, -0.05) is 40.2 Å². The number of H-pyrrole nitrogens is 1. The van der Waals surface area contributed by atoms with Gasteiger partial charge < -0.3 is 5.32 Å². The van der Waals surface area contributed by atoms with Gasteiger partial charge >= 0.3 is 0 Å². The van der Waals surface area contributed by atoms with Gasteiger partial charge in [0.05, 0.1) is 11.9 Å². The van der Waals surface area contributed by atoms with E-state index in [9.17, 15) is 14.9 Å². The van der Waals surface area contributed by atoms with E-state index in [1.165, 1.54) is 13.0 Å². The minimum atomic E-state index is -0.564. The van der Waals surface area contributed by atoms with Crippen LogP contribution >= 0.6 is 15.9 Å². The molecule has 0 bridgehead atoms. The second-order valence-corrected chi connectivity index (χ2v) is 6.88. The number of Topliss-reactive ketones (excluding diaryl/α,β-unsaturated/α-hetero) is 1. The normalized spacial score (nSPS) is 11.0. The summed E-state index contributed by atoms with van der Waals surface area (Å²) in [6, 6.07) is 16.1. The van der Waals surface area contributed by atoms with Gasteiger partial charge in [0.2, 0.25) is 0 Å². The zero-order chi connectivity index (χ0) is 20.1. The highest BCUT2D eigenvalue weighted by Gasteiger charge is 2.13. The lowest BCUT2D eigenvalue weighted by atomic mass is 10.1. The van der Waals surface area contributed by atoms with Crippen molar-refractivity contribution < 1.29 is 9.59 Å². The lowest BCUT2D eigenvalue weighted by Gasteiger charge is -2.06. The van der Waals surface area contributed by atoms with Crippen LogP contribution in [0.2, 0.25) is 0 Å². The summed E-state index contributed by atoms with van der Waals surface area (Å²) < 4.78 is 0.942. The van der Waals surface area contributed by atoms with Crippen LogP contribution in [0, 0.1) is 11.3 Å². The summed E-state index contributed by atoms with van der Waals surface area (Å²) >= 11 is 3.39. The summed E-state index contributed by atoms with van der Waals surface area (Å²) in [4.78, 5) is 24.0. The number of halogens is 1. The second-order valence-electron chi connectivity index (χ2n) is 5.97. The van der Waals surface area contributed by atoms with Gasteiger partial charge in [0, 0.05) is 26.9 Å². The molecule has 2 aromatic carbocycles. The number of hydrogen-bond donors (Lipinski definition) is 2. The highest BCUT2D eigenvalue weighted by molar-refractivity contribution is 9.10. The Morgan fingerprint density at radius 2 is 1.96 bits per heavy atom. The third kappa shape index (κ3) is 4.42. The molecule has 6 nitrogen and oxygen atoms in total. The van der Waals surface area contributed by atoms with Crippen LogP contribution in [0.4, 0.5) is 5.69 Å². The van der Waals surface area contributed by atoms with Gasteiger partial charge in [-0.05, 0) is 37.3 Å². The first-order valence-electron chi connectivity index (χ1n) is 8.31. The summed E-state index contributed by atoms with van der Waals surface area (Å²) in [5.41, 5.74) is 3.04. The van der Waals surface area contributed by atoms with Gasteiger partial charge in [0.15, 0.2) is 5.78 Å². The minimum Gasteiger partial charge on any atom is -0.321 e. The van der Waals surface area contributed by atoms with Crippen molar-refractivity contribution in [3.05, 3.63) is 75.9 Å². The third-order valence-electron chi connectivity index (χ3n) is 3.99. The highest BCUT2D eigenvalue weighted by Crippen LogP contribution is 2.25. The van der Waals surface area contributed by atoms with Crippen molar-refractivity contribution in [1.29, 1.82) is 5.26 Å². The molecule has 0 aliphatic carbocycles. The molecule has 0 spiro atoms. The second kappa shape index (κ2) is 8.46. The molecular formula is C21H15BrN4O2. The molecular weight excluding hydrogens is 420 g/mol. The fourth-order valence-corrected chi connectivity index (χ4v) is 2.84. The van der Waals surface area contributed by atoms with Crippen LogP contribution in [0.25, 0.3) is 17.3 Å². The zero-order valence-corrected chi connectivity index (χ0v) is 16.4. The fourth-order valence-electron chi connectivity index (χ4n) is 2.57. The molecule has 138 valence electrons. The van der Waals surface area contributed by atoms with Gasteiger partial charge in [0.25, 0.3) is 5.91 Å². The number of carbonyl (C=O) groups is 2. The fraction of sp³-hybridized carbons (Fsp3) is 0.0476. The van der Waals surface area contributed by atoms with Gasteiger partial charge in [-0.15, -0.1) is 0 Å². The van der Waals surface area contributed by atoms with Crippen molar-refractivity contribution in [1.82, 2.24) is 10.2 Å². The average Bonchev–Trinajstić information content (AvgIpc) is 3.15. The number of aromatic amines is 1. The molecule has 0 aliphatic heterocycles. The van der Waals surface area contributed by atoms with E-state index >= 15 is 0 Å². The molecule has 0 saturated carbocycles. The standard InChI is InChI=1S/C21H15BrN4O2/c1-13(27)15-3-2-4-19(10-15)25-21(28)16(11-23)9-17-12-24-26-20(17)14-5-7-18(22)8-6-14/h2-10,12H,1H3,(H,24,26)(H,25,28). The number of aromatic nitrogens is 2. The van der Waals surface area contributed by atoms with Crippen molar-refractivity contribution in [2.75, 3.05) is 5.32 Å². The smallest absolute Gasteiger partial charge is 0.266 e. The molecule has 0 fully saturated rings. The minimum absolute atomic E-state index is 0.0759. The molecule has 0 aliphatic rings. The number of rotatable bonds is 5. The van der Waals surface area contributed by atoms with Crippen LogP contribution in [0.1, 0.15) is 22.8 Å². The van der Waals surface area contributed by atoms with Crippen molar-refractivity contribution in [2.24, 2.45) is 0 Å². The Hall–Kier alpha value is -3.50. The van der Waals surface area contributed by atoms with Gasteiger partial charge in [0.1, 0.15) is 11.6 Å². The first-order chi connectivity index (χ1) is 13.5. The number of benzene rings is 2. The molecule has 0 unspecified atom stereocenters. The van der Waals surface area contributed by atoms with Crippen LogP contribution in [0.5, 0.6) is 0 Å². The molecule has 28 heavy (non-hydrogen) atoms. The molecule has 0 radical (unpaired) electrons. The molecule has 0 saturated heterocycles. The number of ketones is 1. The Morgan fingerprint density at radius 3 is 2.64 bits per heavy atom. The quantitative estimate of drug-likeness (QED) is 0.348. The van der Waals surface area contributed by atoms with Crippen molar-refractivity contribution in [2.45, 2.75) is 6.92 Å². The van der Waals surface area contributed by atoms with E-state index in [0.29, 0.717) is 22.5 Å². The first-order valence-corrected chi connectivity index (χ1v) is 9.10. The SMILES string of the molecule is CC(=O)c1cccc(NC(=O)C(C#N)=Cc2cn[nH]c2-c2ccc(Br)cc2)c1. The third-order valence-corrected chi connectivity index (χ3v) is 4.52. The van der Waals surface area contributed by atoms with Crippen LogP contribution < -0.4 is 5.32 Å². The van der Waals surface area contributed by atoms with Crippen LogP contribution in [-0.4, -0.2) is 21.9 Å². The molecule has 1 amide bonds. The Balaban J connectivity index is 1.87. The summed E-state index contributed by atoms with van der Waals surface area (Å²) in [6.07, 6.45) is 3.03. The number of amides is 1. The summed E-state index contributed by atoms with van der Waals surface area (Å²) in [5, 5.41) is 19.0. The number of hydrogen-bond acceptors (Lipinski definition) is 4. The van der Waals surface area contributed by atoms with Crippen LogP contribution in [0.3, 0.4) is 0 Å². The lowest BCUT2D eigenvalue weighted by Crippen LogP contribution is -2.13. The molecule has 2 N–H and O–H groups in total. The number of anilines is 1. The average molecular weight is 435 g/mol. The van der Waals surface area contributed by atoms with Crippen molar-refractivity contribution >= 4 is 39.4 Å². The first kappa shape index (κ1) is 19.3. The van der Waals surface area contributed by atoms with Crippen molar-refractivity contribution in [3.8, 4) is 17.3 Å². The van der Waals surface area contributed by atoms with E-state index in [1.54, 1.807) is 30.5 Å². The summed E-state index contributed by atoms with van der Waals surface area (Å²) in [5.74, 6) is -0.671. The topological polar surface area (TPSA) is 98.6 Å². The Kier molecular flexibility index (Phi) is 5.82. The Morgan fingerprint density at radius 1 is 1.21 bits per heavy atom. The van der Waals surface area contributed by atoms with Crippen molar-refractivity contribution in [3.63, 3.8) is 0 Å². The van der Waals surface area contributed by atoms with E-state index in [0.717, 1.165) is 10.0 Å². The summed E-state index contributed by atoms with van der Waals surface area (Å²) in [6.45, 7) is 1.45. The molecule has 1 aromatic heterocycles. The van der Waals surface area contributed by atoms with E-state index in [2.05, 4.69) is 31.4 Å². The zero-order valence-electron chi connectivity index (χ0n) is 14.9. The van der Waals surface area contributed by atoms with E-state index in [4.69, 9.17) is 0 Å². The summed E-state index contributed by atoms with van der Waals surface area (Å²) in [7, 11) is 0. The van der Waals surface area contributed by atoms with E-state index in [-0.39, 0.29) is 11.4 Å². The maximum Gasteiger partial charge on any atom is 0.266 e. The molecule has 1 heterocycles. The lowest BCUT2D eigenvalue weighted by molar-refractivity contribution is -0.112. The number of nitriles is 1. The molecule has 0 atom stereocenters. The van der Waals surface area contributed by atoms with E-state index in [1.807, 2.05) is 30.3 Å². The molecule has 7 heteroatoms. The van der Waals surface area contributed by atoms with Gasteiger partial charge in [-0.25, -0.2) is 0 Å². The van der Waals surface area contributed by atoms with Gasteiger partial charge in [-0.3, -0.25) is 14.7 Å². The Bertz CT molecular complexity index is 1110. The molecule has 3 aromatic rings.